The Morgan fingerprint density at radius 1 is 1.17 bits per heavy atom. The fraction of sp³-hybridized carbons (Fsp3) is 0.310. The summed E-state index contributed by atoms with van der Waals surface area (Å²) in [7, 11) is 0. The highest BCUT2D eigenvalue weighted by Gasteiger charge is 2.18. The molecule has 10 nitrogen and oxygen atoms in total. The molecule has 0 aliphatic heterocycles. The summed E-state index contributed by atoms with van der Waals surface area (Å²) in [6.45, 7) is 8.35. The van der Waals surface area contributed by atoms with E-state index in [1.807, 2.05) is 61.0 Å². The normalized spacial score (nSPS) is 11.6. The lowest BCUT2D eigenvalue weighted by atomic mass is 10.1. The highest BCUT2D eigenvalue weighted by atomic mass is 35.5. The number of carbonyl (C=O) groups is 1. The van der Waals surface area contributed by atoms with Gasteiger partial charge in [-0.3, -0.25) is 4.79 Å². The first-order valence-electron chi connectivity index (χ1n) is 12.9. The molecule has 2 heterocycles. The van der Waals surface area contributed by atoms with Crippen molar-refractivity contribution in [3.63, 3.8) is 0 Å². The van der Waals surface area contributed by atoms with Gasteiger partial charge in [0, 0.05) is 30.5 Å². The standard InChI is InChI=1S/C29H33ClN6O4.ClH/c1-5-39-35-19(2)20-7-6-8-22(15-20)40-25-10-9-21(16-23(25)30)34-28-27-24(32-18-33-28)11-13-36(27)14-12-31-26(37)17-29(3,4)38;/h6-11,13,15-16,18,38H,5,12,14,17H2,1-4H3,(H,31,37)(H,32,33,34);1H/b35-19-;. The number of fused-ring (bicyclic) bond motifs is 1. The fourth-order valence-corrected chi connectivity index (χ4v) is 4.22. The van der Waals surface area contributed by atoms with Crippen LogP contribution in [-0.4, -0.2) is 50.0 Å². The highest BCUT2D eigenvalue weighted by Crippen LogP contribution is 2.33. The second-order valence-electron chi connectivity index (χ2n) is 9.80. The summed E-state index contributed by atoms with van der Waals surface area (Å²) in [5.41, 5.74) is 2.84. The molecule has 4 rings (SSSR count). The van der Waals surface area contributed by atoms with E-state index in [0.717, 1.165) is 28.0 Å². The molecule has 0 aliphatic carbocycles. The lowest BCUT2D eigenvalue weighted by Gasteiger charge is -2.16. The molecule has 1 amide bonds. The number of nitrogens with zero attached hydrogens (tertiary/aromatic N) is 4. The molecule has 4 aromatic rings. The van der Waals surface area contributed by atoms with Crippen LogP contribution in [0.5, 0.6) is 11.5 Å². The average molecular weight is 602 g/mol. The van der Waals surface area contributed by atoms with Crippen LogP contribution in [0.25, 0.3) is 11.0 Å². The maximum Gasteiger partial charge on any atom is 0.222 e. The molecule has 2 aromatic carbocycles. The second-order valence-corrected chi connectivity index (χ2v) is 10.2. The zero-order chi connectivity index (χ0) is 28.7. The largest absolute Gasteiger partial charge is 0.456 e. The van der Waals surface area contributed by atoms with Gasteiger partial charge < -0.3 is 29.9 Å². The van der Waals surface area contributed by atoms with Gasteiger partial charge in [-0.05, 0) is 64.1 Å². The average Bonchev–Trinajstić information content (AvgIpc) is 3.32. The maximum absolute atomic E-state index is 12.1. The minimum Gasteiger partial charge on any atom is -0.456 e. The van der Waals surface area contributed by atoms with Gasteiger partial charge in [0.25, 0.3) is 0 Å². The zero-order valence-electron chi connectivity index (χ0n) is 23.3. The molecule has 0 radical (unpaired) electrons. The molecule has 12 heteroatoms. The first kappa shape index (κ1) is 31.7. The van der Waals surface area contributed by atoms with E-state index < -0.39 is 5.60 Å². The van der Waals surface area contributed by atoms with Crippen molar-refractivity contribution in [3.8, 4) is 11.5 Å². The maximum atomic E-state index is 12.1. The highest BCUT2D eigenvalue weighted by molar-refractivity contribution is 6.32. The number of halogens is 2. The Bertz CT molecular complexity index is 1520. The van der Waals surface area contributed by atoms with E-state index in [9.17, 15) is 9.90 Å². The molecule has 0 spiro atoms. The predicted molar refractivity (Wildman–Crippen MR) is 164 cm³/mol. The van der Waals surface area contributed by atoms with Crippen molar-refractivity contribution in [2.24, 2.45) is 5.16 Å². The first-order valence-corrected chi connectivity index (χ1v) is 13.3. The molecular formula is C29H34Cl2N6O4. The van der Waals surface area contributed by atoms with Crippen LogP contribution in [0.3, 0.4) is 0 Å². The number of amides is 1. The number of rotatable bonds is 12. The van der Waals surface area contributed by atoms with Gasteiger partial charge in [0.1, 0.15) is 29.9 Å². The van der Waals surface area contributed by atoms with Gasteiger partial charge in [0.2, 0.25) is 5.91 Å². The summed E-state index contributed by atoms with van der Waals surface area (Å²) < 4.78 is 8.01. The number of aliphatic hydroxyl groups is 1. The van der Waals surface area contributed by atoms with Gasteiger partial charge in [-0.25, -0.2) is 9.97 Å². The van der Waals surface area contributed by atoms with Crippen LogP contribution in [0.2, 0.25) is 5.02 Å². The summed E-state index contributed by atoms with van der Waals surface area (Å²) in [5.74, 6) is 1.51. The van der Waals surface area contributed by atoms with Crippen molar-refractivity contribution in [1.82, 2.24) is 19.9 Å². The van der Waals surface area contributed by atoms with Crippen LogP contribution >= 0.6 is 24.0 Å². The minimum absolute atomic E-state index is 0. The number of oxime groups is 1. The van der Waals surface area contributed by atoms with Crippen molar-refractivity contribution >= 4 is 58.2 Å². The number of hydrogen-bond acceptors (Lipinski definition) is 8. The van der Waals surface area contributed by atoms with Gasteiger partial charge in [-0.2, -0.15) is 0 Å². The summed E-state index contributed by atoms with van der Waals surface area (Å²) in [4.78, 5) is 26.0. The van der Waals surface area contributed by atoms with E-state index in [1.54, 1.807) is 26.0 Å². The number of benzene rings is 2. The Hall–Kier alpha value is -3.86. The molecule has 218 valence electrons. The van der Waals surface area contributed by atoms with Crippen LogP contribution < -0.4 is 15.4 Å². The third-order valence-corrected chi connectivity index (χ3v) is 6.12. The molecule has 0 fully saturated rings. The zero-order valence-corrected chi connectivity index (χ0v) is 24.9. The summed E-state index contributed by atoms with van der Waals surface area (Å²) >= 11 is 6.58. The number of carbonyl (C=O) groups excluding carboxylic acids is 1. The summed E-state index contributed by atoms with van der Waals surface area (Å²) in [6.07, 6.45) is 3.41. The Morgan fingerprint density at radius 3 is 2.71 bits per heavy atom. The third-order valence-electron chi connectivity index (χ3n) is 5.82. The molecule has 0 unspecified atom stereocenters. The molecule has 0 saturated carbocycles. The van der Waals surface area contributed by atoms with Crippen molar-refractivity contribution in [2.75, 3.05) is 18.5 Å². The number of anilines is 2. The molecule has 41 heavy (non-hydrogen) atoms. The van der Waals surface area contributed by atoms with Crippen molar-refractivity contribution < 1.29 is 19.5 Å². The van der Waals surface area contributed by atoms with Crippen LogP contribution in [-0.2, 0) is 16.2 Å². The monoisotopic (exact) mass is 600 g/mol. The van der Waals surface area contributed by atoms with Gasteiger partial charge in [0.05, 0.1) is 28.3 Å². The summed E-state index contributed by atoms with van der Waals surface area (Å²) in [5, 5.41) is 20.5. The topological polar surface area (TPSA) is 123 Å². The Morgan fingerprint density at radius 2 is 1.98 bits per heavy atom. The predicted octanol–water partition coefficient (Wildman–Crippen LogP) is 6.08. The molecule has 0 bridgehead atoms. The molecular weight excluding hydrogens is 567 g/mol. The van der Waals surface area contributed by atoms with E-state index >= 15 is 0 Å². The van der Waals surface area contributed by atoms with E-state index in [1.165, 1.54) is 6.33 Å². The van der Waals surface area contributed by atoms with Crippen LogP contribution in [0.4, 0.5) is 11.5 Å². The molecule has 3 N–H and O–H groups in total. The Balaban J connectivity index is 0.00000462. The molecule has 0 aliphatic rings. The van der Waals surface area contributed by atoms with Gasteiger partial charge >= 0.3 is 0 Å². The van der Waals surface area contributed by atoms with Crippen LogP contribution in [0.15, 0.2) is 66.2 Å². The lowest BCUT2D eigenvalue weighted by Crippen LogP contribution is -2.33. The fourth-order valence-electron chi connectivity index (χ4n) is 4.01. The SMILES string of the molecule is CCO/N=C(/C)c1cccc(Oc2ccc(Nc3ncnc4ccn(CCNC(=O)CC(C)(C)O)c34)cc2Cl)c1.Cl. The molecule has 0 atom stereocenters. The number of hydrogen-bond donors (Lipinski definition) is 3. The number of nitrogens with one attached hydrogen (secondary N) is 2. The molecule has 0 saturated heterocycles. The van der Waals surface area contributed by atoms with Crippen molar-refractivity contribution in [1.29, 1.82) is 0 Å². The van der Waals surface area contributed by atoms with E-state index in [2.05, 4.69) is 25.8 Å². The van der Waals surface area contributed by atoms with Crippen LogP contribution in [0, 0.1) is 0 Å². The van der Waals surface area contributed by atoms with E-state index in [0.29, 0.717) is 42.0 Å². The second kappa shape index (κ2) is 14.2. The summed E-state index contributed by atoms with van der Waals surface area (Å²) in [6, 6.07) is 14.8. The van der Waals surface area contributed by atoms with E-state index in [-0.39, 0.29) is 24.7 Å². The Kier molecular flexibility index (Phi) is 10.9. The quantitative estimate of drug-likeness (QED) is 0.133. The lowest BCUT2D eigenvalue weighted by molar-refractivity contribution is -0.124. The van der Waals surface area contributed by atoms with Crippen molar-refractivity contribution in [3.05, 3.63) is 71.6 Å². The first-order chi connectivity index (χ1) is 19.1. The van der Waals surface area contributed by atoms with Gasteiger partial charge in [0.15, 0.2) is 5.82 Å². The van der Waals surface area contributed by atoms with Gasteiger partial charge in [-0.1, -0.05) is 28.9 Å². The van der Waals surface area contributed by atoms with E-state index in [4.69, 9.17) is 21.2 Å². The number of aromatic nitrogens is 3. The number of ether oxygens (including phenoxy) is 1. The molecule has 2 aromatic heterocycles. The van der Waals surface area contributed by atoms with Crippen LogP contribution in [0.1, 0.15) is 39.7 Å². The smallest absolute Gasteiger partial charge is 0.222 e. The van der Waals surface area contributed by atoms with Crippen molar-refractivity contribution in [2.45, 2.75) is 46.3 Å². The minimum atomic E-state index is -1.06. The third kappa shape index (κ3) is 8.81. The van der Waals surface area contributed by atoms with Gasteiger partial charge in [-0.15, -0.1) is 12.4 Å². The Labute approximate surface area is 250 Å².